The van der Waals surface area contributed by atoms with Gasteiger partial charge in [-0.25, -0.2) is 9.59 Å². The largest absolute Gasteiger partial charge is 0.512 e. The molecule has 17 nitrogen and oxygen atoms in total. The Morgan fingerprint density at radius 1 is 0.919 bits per heavy atom. The number of allylic oxidation sites excluding steroid dienone is 4. The number of ether oxygens (including phenoxy) is 9. The van der Waals surface area contributed by atoms with Gasteiger partial charge in [-0.15, -0.1) is 0 Å². The molecule has 3 rings (SSSR count). The Hall–Kier alpha value is -3.52. The number of likely N-dealkylation sites (N-methyl/N-ethyl adjacent to an activating group) is 1. The molecule has 0 aromatic rings. The fourth-order valence-electron chi connectivity index (χ4n) is 8.29. The quantitative estimate of drug-likeness (QED) is 0.129. The molecule has 0 aromatic carbocycles. The van der Waals surface area contributed by atoms with Gasteiger partial charge in [-0.05, 0) is 73.0 Å². The molecule has 352 valence electrons. The molecule has 0 bridgehead atoms. The van der Waals surface area contributed by atoms with Crippen molar-refractivity contribution in [2.45, 2.75) is 148 Å². The summed E-state index contributed by atoms with van der Waals surface area (Å²) in [7, 11) is 6.35. The van der Waals surface area contributed by atoms with Gasteiger partial charge in [0.05, 0.1) is 49.7 Å². The molecule has 3 N–H and O–H groups in total. The summed E-state index contributed by atoms with van der Waals surface area (Å²) in [5.41, 5.74) is 0.670. The van der Waals surface area contributed by atoms with Crippen molar-refractivity contribution in [1.29, 1.82) is 0 Å². The van der Waals surface area contributed by atoms with Crippen LogP contribution < -0.4 is 0 Å². The van der Waals surface area contributed by atoms with E-state index < -0.39 is 121 Å². The maximum atomic E-state index is 13.8. The topological polar surface area (TPSA) is 215 Å². The molecule has 0 aromatic heterocycles. The average molecular weight is 882 g/mol. The molecule has 0 radical (unpaired) electrons. The van der Waals surface area contributed by atoms with Crippen molar-refractivity contribution in [3.63, 3.8) is 0 Å². The monoisotopic (exact) mass is 881 g/mol. The number of aliphatic hydroxyl groups is 3. The molecule has 3 aliphatic rings. The summed E-state index contributed by atoms with van der Waals surface area (Å²) in [6.45, 7) is 13.5. The lowest BCUT2D eigenvalue weighted by atomic mass is 9.81. The molecule has 0 unspecified atom stereocenters. The van der Waals surface area contributed by atoms with E-state index in [4.69, 9.17) is 42.6 Å². The summed E-state index contributed by atoms with van der Waals surface area (Å²) in [6.07, 6.45) is -0.621. The minimum absolute atomic E-state index is 0.0407. The number of rotatable bonds is 14. The van der Waals surface area contributed by atoms with Crippen molar-refractivity contribution in [3.05, 3.63) is 47.8 Å². The first-order chi connectivity index (χ1) is 29.3. The van der Waals surface area contributed by atoms with Gasteiger partial charge in [-0.3, -0.25) is 9.59 Å². The first-order valence-corrected chi connectivity index (χ1v) is 21.5. The number of carbonyl (C=O) groups is 4. The van der Waals surface area contributed by atoms with Crippen LogP contribution in [0.1, 0.15) is 74.7 Å². The SMILES string of the molecule is CCOC(=O)/C=C/C[C@H]1C[C@@H](C)C(=O)/C=C/C(C)=C/[C@H](CO[C@@H]2O[C@H](C)[C@@H](OC(C)=O)[C@@H](OC)[C@H]2OC)[C@@H](CC)OC(=O)/C=C(\O)[C@H](C)[C@H]1O[C@H]1O[C@@H](C)[C@H](O)[C@@H](N(C)C)[C@@H]1O. The predicted octanol–water partition coefficient (Wildman–Crippen LogP) is 3.74. The molecule has 2 fully saturated rings. The summed E-state index contributed by atoms with van der Waals surface area (Å²) in [5.74, 6) is -5.26. The van der Waals surface area contributed by atoms with Gasteiger partial charge in [0.2, 0.25) is 0 Å². The molecule has 3 heterocycles. The lowest BCUT2D eigenvalue weighted by molar-refractivity contribution is -0.306. The Labute approximate surface area is 366 Å². The van der Waals surface area contributed by atoms with E-state index in [2.05, 4.69) is 0 Å². The van der Waals surface area contributed by atoms with Crippen LogP contribution in [0.25, 0.3) is 0 Å². The highest BCUT2D eigenvalue weighted by molar-refractivity contribution is 5.91. The van der Waals surface area contributed by atoms with Crippen molar-refractivity contribution in [1.82, 2.24) is 4.90 Å². The van der Waals surface area contributed by atoms with E-state index in [0.717, 1.165) is 6.08 Å². The highest BCUT2D eigenvalue weighted by Crippen LogP contribution is 2.35. The number of ketones is 1. The van der Waals surface area contributed by atoms with Gasteiger partial charge < -0.3 is 62.9 Å². The molecule has 3 aliphatic heterocycles. The number of carbonyl (C=O) groups excluding carboxylic acids is 4. The molecule has 0 spiro atoms. The Morgan fingerprint density at radius 3 is 2.18 bits per heavy atom. The molecule has 0 amide bonds. The van der Waals surface area contributed by atoms with E-state index in [1.807, 2.05) is 13.0 Å². The molecule has 0 saturated carbocycles. The van der Waals surface area contributed by atoms with Gasteiger partial charge >= 0.3 is 17.9 Å². The van der Waals surface area contributed by atoms with E-state index in [1.165, 1.54) is 33.3 Å². The van der Waals surface area contributed by atoms with Gasteiger partial charge in [-0.2, -0.15) is 0 Å². The van der Waals surface area contributed by atoms with Gasteiger partial charge in [0, 0.05) is 45.0 Å². The minimum Gasteiger partial charge on any atom is -0.512 e. The maximum absolute atomic E-state index is 13.8. The highest BCUT2D eigenvalue weighted by Gasteiger charge is 2.49. The molecule has 2 saturated heterocycles. The third kappa shape index (κ3) is 14.5. The Morgan fingerprint density at radius 2 is 1.58 bits per heavy atom. The summed E-state index contributed by atoms with van der Waals surface area (Å²) in [5, 5.41) is 34.1. The van der Waals surface area contributed by atoms with Crippen LogP contribution in [0.5, 0.6) is 0 Å². The molecule has 16 atom stereocenters. The standard InChI is InChI=1S/C45H71NO16/c1-13-34-31(23-57-45-43(55-12)42(54-11)41(28(7)59-45)60-29(8)47)20-24(3)18-19-32(48)25(4)21-30(16-15-17-35(50)56-14-2)40(26(5)33(49)22-36(51)61-34)62-44-39(53)37(46(9)10)38(52)27(6)58-44/h15,17-20,22,25-28,30-31,34,37-45,49,52-53H,13-14,16,21,23H2,1-12H3/b17-15+,19-18+,24-20+,33-22-/t25-,26+,27+,28-,30+,31-,34-,37-,38+,39+,40-,41-,42-,43-,44-,45-/m1/s1. The average Bonchev–Trinajstić information content (AvgIpc) is 3.20. The molecule has 0 aliphatic carbocycles. The van der Waals surface area contributed by atoms with E-state index in [1.54, 1.807) is 72.7 Å². The van der Waals surface area contributed by atoms with Crippen molar-refractivity contribution < 1.29 is 77.1 Å². The Balaban J connectivity index is 2.06. The minimum atomic E-state index is -1.34. The van der Waals surface area contributed by atoms with Gasteiger partial charge in [0.15, 0.2) is 24.5 Å². The number of cyclic esters (lactones) is 1. The van der Waals surface area contributed by atoms with Gasteiger partial charge in [0.25, 0.3) is 0 Å². The van der Waals surface area contributed by atoms with Crippen molar-refractivity contribution in [2.24, 2.45) is 23.7 Å². The zero-order valence-corrected chi connectivity index (χ0v) is 38.3. The molecular formula is C45H71NO16. The second kappa shape index (κ2) is 25.1. The van der Waals surface area contributed by atoms with Crippen LogP contribution in [0, 0.1) is 23.7 Å². The van der Waals surface area contributed by atoms with Gasteiger partial charge in [-0.1, -0.05) is 44.6 Å². The second-order valence-electron chi connectivity index (χ2n) is 16.6. The fraction of sp³-hybridized carbons (Fsp3) is 0.733. The van der Waals surface area contributed by atoms with Crippen molar-refractivity contribution >= 4 is 23.7 Å². The second-order valence-corrected chi connectivity index (χ2v) is 16.6. The van der Waals surface area contributed by atoms with E-state index in [0.29, 0.717) is 12.0 Å². The normalized spacial score (nSPS) is 39.0. The fourth-order valence-corrected chi connectivity index (χ4v) is 8.29. The molecule has 62 heavy (non-hydrogen) atoms. The Kier molecular flexibility index (Phi) is 21.4. The molecular weight excluding hydrogens is 810 g/mol. The Bertz CT molecular complexity index is 1590. The third-order valence-corrected chi connectivity index (χ3v) is 11.7. The number of aliphatic hydroxyl groups excluding tert-OH is 3. The number of hydrogen-bond donors (Lipinski definition) is 3. The van der Waals surface area contributed by atoms with Crippen LogP contribution in [0.15, 0.2) is 47.8 Å². The first-order valence-electron chi connectivity index (χ1n) is 21.5. The predicted molar refractivity (Wildman–Crippen MR) is 225 cm³/mol. The smallest absolute Gasteiger partial charge is 0.334 e. The highest BCUT2D eigenvalue weighted by atomic mass is 16.7. The lowest BCUT2D eigenvalue weighted by Crippen LogP contribution is -2.63. The third-order valence-electron chi connectivity index (χ3n) is 11.7. The zero-order valence-electron chi connectivity index (χ0n) is 38.3. The van der Waals surface area contributed by atoms with Crippen LogP contribution in [0.2, 0.25) is 0 Å². The maximum Gasteiger partial charge on any atom is 0.334 e. The summed E-state index contributed by atoms with van der Waals surface area (Å²) < 4.78 is 53.0. The molecule has 17 heteroatoms. The van der Waals surface area contributed by atoms with Crippen LogP contribution >= 0.6 is 0 Å². The lowest BCUT2D eigenvalue weighted by Gasteiger charge is -2.46. The number of methoxy groups -OCH3 is 2. The van der Waals surface area contributed by atoms with Crippen molar-refractivity contribution in [2.75, 3.05) is 41.5 Å². The van der Waals surface area contributed by atoms with Crippen LogP contribution in [-0.2, 0) is 61.8 Å². The number of hydrogen-bond acceptors (Lipinski definition) is 17. The summed E-state index contributed by atoms with van der Waals surface area (Å²) in [4.78, 5) is 53.4. The first kappa shape index (κ1) is 52.8. The van der Waals surface area contributed by atoms with Crippen LogP contribution in [-0.4, -0.2) is 159 Å². The van der Waals surface area contributed by atoms with E-state index >= 15 is 0 Å². The van der Waals surface area contributed by atoms with Crippen molar-refractivity contribution in [3.8, 4) is 0 Å². The number of esters is 3. The van der Waals surface area contributed by atoms with E-state index in [-0.39, 0.29) is 31.8 Å². The van der Waals surface area contributed by atoms with Crippen LogP contribution in [0.3, 0.4) is 0 Å². The number of nitrogens with zero attached hydrogens (tertiary/aromatic N) is 1. The zero-order chi connectivity index (χ0) is 46.4. The van der Waals surface area contributed by atoms with Crippen LogP contribution in [0.4, 0.5) is 0 Å². The summed E-state index contributed by atoms with van der Waals surface area (Å²) >= 11 is 0. The summed E-state index contributed by atoms with van der Waals surface area (Å²) in [6, 6.07) is -0.774. The van der Waals surface area contributed by atoms with Gasteiger partial charge in [0.1, 0.15) is 30.2 Å². The van der Waals surface area contributed by atoms with E-state index in [9.17, 15) is 34.5 Å².